The predicted octanol–water partition coefficient (Wildman–Crippen LogP) is 3.64. The van der Waals surface area contributed by atoms with Gasteiger partial charge in [0.2, 0.25) is 0 Å². The first-order chi connectivity index (χ1) is 9.90. The molecule has 1 fully saturated rings. The minimum Gasteiger partial charge on any atom is -0.496 e. The van der Waals surface area contributed by atoms with Gasteiger partial charge < -0.3 is 15.8 Å². The summed E-state index contributed by atoms with van der Waals surface area (Å²) < 4.78 is 43.1. The fourth-order valence-corrected chi connectivity index (χ4v) is 2.69. The molecule has 0 unspecified atom stereocenters. The van der Waals surface area contributed by atoms with Gasteiger partial charge in [-0.15, -0.1) is 0 Å². The highest BCUT2D eigenvalue weighted by molar-refractivity contribution is 5.52. The van der Waals surface area contributed by atoms with Gasteiger partial charge in [0.05, 0.1) is 12.7 Å². The Balaban J connectivity index is 1.98. The molecule has 0 aliphatic heterocycles. The lowest BCUT2D eigenvalue weighted by Crippen LogP contribution is -2.29. The van der Waals surface area contributed by atoms with Crippen LogP contribution in [0.25, 0.3) is 0 Å². The van der Waals surface area contributed by atoms with Gasteiger partial charge in [-0.2, -0.15) is 13.2 Å². The molecule has 3 nitrogen and oxygen atoms in total. The molecule has 0 radical (unpaired) electrons. The summed E-state index contributed by atoms with van der Waals surface area (Å²) >= 11 is 0. The molecule has 1 aromatic rings. The Bertz CT molecular complexity index is 468. The number of methoxy groups -OCH3 is 1. The maximum absolute atomic E-state index is 12.8. The first-order valence-corrected chi connectivity index (χ1v) is 7.15. The van der Waals surface area contributed by atoms with Gasteiger partial charge in [0.15, 0.2) is 0 Å². The van der Waals surface area contributed by atoms with E-state index in [2.05, 4.69) is 5.32 Å². The second kappa shape index (κ2) is 6.56. The van der Waals surface area contributed by atoms with Gasteiger partial charge in [0.1, 0.15) is 5.75 Å². The van der Waals surface area contributed by atoms with Crippen molar-refractivity contribution in [3.8, 4) is 5.75 Å². The number of anilines is 1. The largest absolute Gasteiger partial charge is 0.496 e. The molecule has 1 aliphatic rings. The number of rotatable bonds is 4. The van der Waals surface area contributed by atoms with E-state index in [0.29, 0.717) is 17.6 Å². The van der Waals surface area contributed by atoms with Crippen molar-refractivity contribution in [2.45, 2.75) is 37.9 Å². The van der Waals surface area contributed by atoms with E-state index < -0.39 is 11.7 Å². The Labute approximate surface area is 122 Å². The van der Waals surface area contributed by atoms with Gasteiger partial charge in [-0.25, -0.2) is 0 Å². The number of benzene rings is 1. The number of hydrogen-bond donors (Lipinski definition) is 2. The van der Waals surface area contributed by atoms with Crippen LogP contribution in [0.2, 0.25) is 0 Å². The standard InChI is InChI=1S/C15H21F3N2O/c1-21-14-8-12(6-7-13(14)15(16,17)18)20-9-10-2-4-11(19)5-3-10/h6-8,10-11,20H,2-5,9,19H2,1H3. The van der Waals surface area contributed by atoms with Crippen LogP contribution in [0.1, 0.15) is 31.2 Å². The van der Waals surface area contributed by atoms with Crippen molar-refractivity contribution in [2.24, 2.45) is 11.7 Å². The fraction of sp³-hybridized carbons (Fsp3) is 0.600. The number of alkyl halides is 3. The molecular formula is C15H21F3N2O. The molecule has 0 spiro atoms. The first kappa shape index (κ1) is 15.9. The Morgan fingerprint density at radius 1 is 1.24 bits per heavy atom. The average Bonchev–Trinajstić information content (AvgIpc) is 2.45. The van der Waals surface area contributed by atoms with Crippen LogP contribution >= 0.6 is 0 Å². The van der Waals surface area contributed by atoms with E-state index in [1.54, 1.807) is 0 Å². The van der Waals surface area contributed by atoms with Crippen LogP contribution in [-0.2, 0) is 6.18 Å². The van der Waals surface area contributed by atoms with E-state index in [1.165, 1.54) is 19.2 Å². The molecule has 1 aliphatic carbocycles. The monoisotopic (exact) mass is 302 g/mol. The molecule has 0 aromatic heterocycles. The number of nitrogens with one attached hydrogen (secondary N) is 1. The van der Waals surface area contributed by atoms with Crippen LogP contribution < -0.4 is 15.8 Å². The third-order valence-electron chi connectivity index (χ3n) is 3.99. The van der Waals surface area contributed by atoms with Crippen molar-refractivity contribution < 1.29 is 17.9 Å². The highest BCUT2D eigenvalue weighted by Gasteiger charge is 2.34. The van der Waals surface area contributed by atoms with Crippen LogP contribution in [-0.4, -0.2) is 19.7 Å². The van der Waals surface area contributed by atoms with Crippen LogP contribution in [0.5, 0.6) is 5.75 Å². The van der Waals surface area contributed by atoms with Crippen LogP contribution in [0.3, 0.4) is 0 Å². The Hall–Kier alpha value is -1.43. The lowest BCUT2D eigenvalue weighted by Gasteiger charge is -2.26. The van der Waals surface area contributed by atoms with Gasteiger partial charge in [-0.05, 0) is 43.7 Å². The van der Waals surface area contributed by atoms with E-state index in [4.69, 9.17) is 10.5 Å². The molecule has 1 aromatic carbocycles. The number of hydrogen-bond acceptors (Lipinski definition) is 3. The SMILES string of the molecule is COc1cc(NCC2CCC(N)CC2)ccc1C(F)(F)F. The normalized spacial score (nSPS) is 22.9. The maximum atomic E-state index is 12.8. The first-order valence-electron chi connectivity index (χ1n) is 7.15. The van der Waals surface area contributed by atoms with Crippen molar-refractivity contribution in [2.75, 3.05) is 19.0 Å². The van der Waals surface area contributed by atoms with E-state index in [1.807, 2.05) is 0 Å². The maximum Gasteiger partial charge on any atom is 0.419 e. The van der Waals surface area contributed by atoms with Crippen molar-refractivity contribution in [1.82, 2.24) is 0 Å². The second-order valence-corrected chi connectivity index (χ2v) is 5.57. The molecule has 118 valence electrons. The summed E-state index contributed by atoms with van der Waals surface area (Å²) in [5, 5.41) is 3.19. The Morgan fingerprint density at radius 2 is 1.90 bits per heavy atom. The highest BCUT2D eigenvalue weighted by atomic mass is 19.4. The van der Waals surface area contributed by atoms with Crippen molar-refractivity contribution in [3.05, 3.63) is 23.8 Å². The molecule has 21 heavy (non-hydrogen) atoms. The molecule has 0 saturated heterocycles. The van der Waals surface area contributed by atoms with Gasteiger partial charge in [-0.1, -0.05) is 0 Å². The molecule has 3 N–H and O–H groups in total. The lowest BCUT2D eigenvalue weighted by atomic mass is 9.86. The third-order valence-corrected chi connectivity index (χ3v) is 3.99. The molecule has 2 rings (SSSR count). The number of ether oxygens (including phenoxy) is 1. The molecule has 1 saturated carbocycles. The van der Waals surface area contributed by atoms with E-state index in [-0.39, 0.29) is 5.75 Å². The minimum absolute atomic E-state index is 0.154. The van der Waals surface area contributed by atoms with E-state index in [9.17, 15) is 13.2 Å². The van der Waals surface area contributed by atoms with Crippen molar-refractivity contribution in [3.63, 3.8) is 0 Å². The van der Waals surface area contributed by atoms with Gasteiger partial charge in [-0.3, -0.25) is 0 Å². The fourth-order valence-electron chi connectivity index (χ4n) is 2.69. The summed E-state index contributed by atoms with van der Waals surface area (Å²) in [5.41, 5.74) is 5.75. The summed E-state index contributed by atoms with van der Waals surface area (Å²) in [6, 6.07) is 4.20. The summed E-state index contributed by atoms with van der Waals surface area (Å²) in [6.45, 7) is 0.751. The molecule has 0 amide bonds. The summed E-state index contributed by atoms with van der Waals surface area (Å²) in [4.78, 5) is 0. The van der Waals surface area contributed by atoms with E-state index >= 15 is 0 Å². The topological polar surface area (TPSA) is 47.3 Å². The van der Waals surface area contributed by atoms with Crippen molar-refractivity contribution in [1.29, 1.82) is 0 Å². The Morgan fingerprint density at radius 3 is 2.48 bits per heavy atom. The Kier molecular flexibility index (Phi) is 4.98. The molecule has 0 atom stereocenters. The van der Waals surface area contributed by atoms with Crippen molar-refractivity contribution >= 4 is 5.69 Å². The van der Waals surface area contributed by atoms with Crippen LogP contribution in [0, 0.1) is 5.92 Å². The molecule has 0 bridgehead atoms. The van der Waals surface area contributed by atoms with E-state index in [0.717, 1.165) is 38.3 Å². The zero-order valence-corrected chi connectivity index (χ0v) is 12.0. The van der Waals surface area contributed by atoms with Gasteiger partial charge in [0.25, 0.3) is 0 Å². The summed E-state index contributed by atoms with van der Waals surface area (Å²) in [5.74, 6) is 0.372. The molecule has 6 heteroatoms. The predicted molar refractivity (Wildman–Crippen MR) is 76.4 cm³/mol. The van der Waals surface area contributed by atoms with Gasteiger partial charge >= 0.3 is 6.18 Å². The summed E-state index contributed by atoms with van der Waals surface area (Å²) in [7, 11) is 1.25. The minimum atomic E-state index is -4.40. The second-order valence-electron chi connectivity index (χ2n) is 5.57. The highest BCUT2D eigenvalue weighted by Crippen LogP contribution is 2.37. The summed E-state index contributed by atoms with van der Waals surface area (Å²) in [6.07, 6.45) is -0.243. The number of halogens is 3. The van der Waals surface area contributed by atoms with Gasteiger partial charge in [0, 0.05) is 24.3 Å². The number of nitrogens with two attached hydrogens (primary N) is 1. The zero-order chi connectivity index (χ0) is 15.5. The molecule has 0 heterocycles. The smallest absolute Gasteiger partial charge is 0.419 e. The average molecular weight is 302 g/mol. The molecular weight excluding hydrogens is 281 g/mol. The quantitative estimate of drug-likeness (QED) is 0.892. The van der Waals surface area contributed by atoms with Crippen LogP contribution in [0.4, 0.5) is 18.9 Å². The van der Waals surface area contributed by atoms with Crippen LogP contribution in [0.15, 0.2) is 18.2 Å². The lowest BCUT2D eigenvalue weighted by molar-refractivity contribution is -0.138. The third kappa shape index (κ3) is 4.27. The zero-order valence-electron chi connectivity index (χ0n) is 12.0.